The van der Waals surface area contributed by atoms with Crippen molar-refractivity contribution in [2.75, 3.05) is 6.61 Å². The molecule has 126 valence electrons. The summed E-state index contributed by atoms with van der Waals surface area (Å²) in [5.74, 6) is -3.05. The van der Waals surface area contributed by atoms with Crippen molar-refractivity contribution in [1.29, 1.82) is 0 Å². The third-order valence-corrected chi connectivity index (χ3v) is 5.85. The van der Waals surface area contributed by atoms with Crippen LogP contribution in [0.2, 0.25) is 0 Å². The monoisotopic (exact) mass is 340 g/mol. The molecular weight excluding hydrogens is 322 g/mol. The molecule has 0 spiro atoms. The quantitative estimate of drug-likeness (QED) is 0.622. The Kier molecular flexibility index (Phi) is 3.63. The molecule has 4 bridgehead atoms. The van der Waals surface area contributed by atoms with Gasteiger partial charge in [-0.1, -0.05) is 0 Å². The van der Waals surface area contributed by atoms with Gasteiger partial charge in [0.2, 0.25) is 0 Å². The molecule has 2 unspecified atom stereocenters. The van der Waals surface area contributed by atoms with Crippen molar-refractivity contribution < 1.29 is 36.0 Å². The number of hydrogen-bond acceptors (Lipinski definition) is 6. The van der Waals surface area contributed by atoms with Crippen LogP contribution in [0.25, 0.3) is 0 Å². The third kappa shape index (κ3) is 2.92. The van der Waals surface area contributed by atoms with E-state index >= 15 is 0 Å². The lowest BCUT2D eigenvalue weighted by Crippen LogP contribution is -2.57. The summed E-state index contributed by atoms with van der Waals surface area (Å²) in [6.07, 6.45) is 2.98. The molecule has 0 aliphatic heterocycles. The van der Waals surface area contributed by atoms with E-state index in [9.17, 15) is 27.1 Å². The Labute approximate surface area is 126 Å². The van der Waals surface area contributed by atoms with Crippen LogP contribution < -0.4 is 0 Å². The Morgan fingerprint density at radius 1 is 1.23 bits per heavy atom. The van der Waals surface area contributed by atoms with Gasteiger partial charge in [0, 0.05) is 5.41 Å². The molecule has 0 saturated heterocycles. The molecule has 4 aliphatic carbocycles. The smallest absolute Gasteiger partial charge is 0.433 e. The summed E-state index contributed by atoms with van der Waals surface area (Å²) in [5, 5.41) is 10.5. The number of hydrogen-bond donors (Lipinski definition) is 1. The molecule has 0 aromatic carbocycles. The van der Waals surface area contributed by atoms with Crippen molar-refractivity contribution >= 4 is 16.3 Å². The zero-order valence-electron chi connectivity index (χ0n) is 11.8. The fourth-order valence-corrected chi connectivity index (χ4v) is 5.25. The Morgan fingerprint density at radius 2 is 1.82 bits per heavy atom. The number of alkyl halides is 2. The van der Waals surface area contributed by atoms with E-state index in [2.05, 4.69) is 4.18 Å². The number of carbonyl (C=O) groups excluding carboxylic acids is 1. The predicted molar refractivity (Wildman–Crippen MR) is 69.4 cm³/mol. The highest BCUT2D eigenvalue weighted by atomic mass is 32.2. The SMILES string of the molecule is O=C(OCC12CC3CC(CC(O)(C3)C1)C2)OS(=O)(=O)C(F)F. The van der Waals surface area contributed by atoms with Gasteiger partial charge >= 0.3 is 22.0 Å². The van der Waals surface area contributed by atoms with E-state index in [1.807, 2.05) is 0 Å². The molecule has 4 rings (SSSR count). The average molecular weight is 340 g/mol. The van der Waals surface area contributed by atoms with E-state index in [1.165, 1.54) is 0 Å². The molecule has 9 heteroatoms. The van der Waals surface area contributed by atoms with Crippen LogP contribution in [0.3, 0.4) is 0 Å². The molecule has 2 atom stereocenters. The summed E-state index contributed by atoms with van der Waals surface area (Å²) in [6.45, 7) is -0.111. The zero-order chi connectivity index (χ0) is 16.2. The van der Waals surface area contributed by atoms with Crippen LogP contribution in [0.5, 0.6) is 0 Å². The van der Waals surface area contributed by atoms with E-state index in [0.29, 0.717) is 18.3 Å². The van der Waals surface area contributed by atoms with Gasteiger partial charge in [-0.25, -0.2) is 4.79 Å². The maximum absolute atomic E-state index is 12.1. The lowest BCUT2D eigenvalue weighted by atomic mass is 9.48. The van der Waals surface area contributed by atoms with Crippen molar-refractivity contribution in [2.45, 2.75) is 49.9 Å². The van der Waals surface area contributed by atoms with Crippen LogP contribution in [0.1, 0.15) is 38.5 Å². The first kappa shape index (κ1) is 15.9. The fourth-order valence-electron chi connectivity index (χ4n) is 4.94. The summed E-state index contributed by atoms with van der Waals surface area (Å²) >= 11 is 0. The fraction of sp³-hybridized carbons (Fsp3) is 0.923. The maximum Gasteiger partial charge on any atom is 0.524 e. The molecule has 0 amide bonds. The standard InChI is InChI=1S/C13H18F2O6S/c14-10(15)22(18,19)21-11(16)20-7-12-2-8-1-9(3-12)5-13(17,4-8)6-12/h8-10,17H,1-7H2. The molecule has 1 N–H and O–H groups in total. The Balaban J connectivity index is 1.61. The molecule has 4 aliphatic rings. The number of carbonyl (C=O) groups is 1. The normalized spacial score (nSPS) is 40.0. The number of rotatable bonds is 4. The van der Waals surface area contributed by atoms with Gasteiger partial charge in [-0.2, -0.15) is 17.2 Å². The third-order valence-electron chi connectivity index (χ3n) is 5.05. The molecule has 6 nitrogen and oxygen atoms in total. The second-order valence-electron chi connectivity index (χ2n) is 7.06. The average Bonchev–Trinajstić information content (AvgIpc) is 2.32. The van der Waals surface area contributed by atoms with E-state index in [0.717, 1.165) is 32.1 Å². The highest BCUT2D eigenvalue weighted by Gasteiger charge is 2.57. The molecular formula is C13H18F2O6S. The maximum atomic E-state index is 12.1. The molecule has 4 fully saturated rings. The van der Waals surface area contributed by atoms with E-state index in [1.54, 1.807) is 0 Å². The molecule has 22 heavy (non-hydrogen) atoms. The Morgan fingerprint density at radius 3 is 2.32 bits per heavy atom. The first-order valence-electron chi connectivity index (χ1n) is 7.22. The number of ether oxygens (including phenoxy) is 1. The second-order valence-corrected chi connectivity index (χ2v) is 8.57. The Hall–Kier alpha value is -0.960. The van der Waals surface area contributed by atoms with Crippen LogP contribution in [0.15, 0.2) is 0 Å². The van der Waals surface area contributed by atoms with Crippen LogP contribution in [-0.4, -0.2) is 37.6 Å². The van der Waals surface area contributed by atoms with Crippen molar-refractivity contribution in [1.82, 2.24) is 0 Å². The zero-order valence-corrected chi connectivity index (χ0v) is 12.7. The summed E-state index contributed by atoms with van der Waals surface area (Å²) in [7, 11) is -5.24. The van der Waals surface area contributed by atoms with Crippen molar-refractivity contribution in [2.24, 2.45) is 17.3 Å². The summed E-state index contributed by atoms with van der Waals surface area (Å²) in [4.78, 5) is 11.3. The largest absolute Gasteiger partial charge is 0.524 e. The number of aliphatic hydroxyl groups is 1. The first-order chi connectivity index (χ1) is 10.1. The van der Waals surface area contributed by atoms with Gasteiger partial charge in [-0.15, -0.1) is 0 Å². The summed E-state index contributed by atoms with van der Waals surface area (Å²) in [6, 6.07) is 0. The minimum atomic E-state index is -5.24. The van der Waals surface area contributed by atoms with Gasteiger partial charge in [0.15, 0.2) is 0 Å². The highest BCUT2D eigenvalue weighted by molar-refractivity contribution is 7.87. The first-order valence-corrected chi connectivity index (χ1v) is 8.69. The van der Waals surface area contributed by atoms with Gasteiger partial charge in [0.25, 0.3) is 0 Å². The van der Waals surface area contributed by atoms with Crippen molar-refractivity contribution in [3.63, 3.8) is 0 Å². The lowest BCUT2D eigenvalue weighted by molar-refractivity contribution is -0.176. The summed E-state index contributed by atoms with van der Waals surface area (Å²) in [5.41, 5.74) is -1.14. The van der Waals surface area contributed by atoms with Crippen molar-refractivity contribution in [3.8, 4) is 0 Å². The van der Waals surface area contributed by atoms with Gasteiger partial charge in [-0.05, 0) is 50.4 Å². The predicted octanol–water partition coefficient (Wildman–Crippen LogP) is 2.02. The van der Waals surface area contributed by atoms with Gasteiger partial charge in [0.1, 0.15) is 6.61 Å². The van der Waals surface area contributed by atoms with Gasteiger partial charge in [0.05, 0.1) is 5.60 Å². The Bertz CT molecular complexity index is 561. The highest BCUT2D eigenvalue weighted by Crippen LogP contribution is 2.61. The van der Waals surface area contributed by atoms with E-state index in [4.69, 9.17) is 4.74 Å². The van der Waals surface area contributed by atoms with Gasteiger partial charge in [-0.3, -0.25) is 0 Å². The van der Waals surface area contributed by atoms with E-state index in [-0.39, 0.29) is 6.61 Å². The molecule has 0 heterocycles. The van der Waals surface area contributed by atoms with Crippen LogP contribution in [-0.2, 0) is 19.0 Å². The minimum absolute atomic E-state index is 0.111. The van der Waals surface area contributed by atoms with E-state index < -0.39 is 33.0 Å². The molecule has 4 saturated carbocycles. The number of halogens is 2. The van der Waals surface area contributed by atoms with Crippen LogP contribution in [0, 0.1) is 17.3 Å². The molecule has 0 aromatic heterocycles. The topological polar surface area (TPSA) is 89.9 Å². The minimum Gasteiger partial charge on any atom is -0.433 e. The lowest BCUT2D eigenvalue weighted by Gasteiger charge is -2.59. The molecule has 0 radical (unpaired) electrons. The van der Waals surface area contributed by atoms with Crippen LogP contribution in [0.4, 0.5) is 13.6 Å². The van der Waals surface area contributed by atoms with Crippen molar-refractivity contribution in [3.05, 3.63) is 0 Å². The van der Waals surface area contributed by atoms with Crippen LogP contribution >= 0.6 is 0 Å². The second kappa shape index (κ2) is 5.02. The summed E-state index contributed by atoms with van der Waals surface area (Å²) < 4.78 is 54.3. The van der Waals surface area contributed by atoms with Gasteiger partial charge < -0.3 is 14.0 Å². The molecule has 0 aromatic rings.